The molecule has 0 fully saturated rings. The molecule has 0 unspecified atom stereocenters. The number of hydrogen-bond donors (Lipinski definition) is 0. The Morgan fingerprint density at radius 3 is 2.38 bits per heavy atom. The van der Waals surface area contributed by atoms with E-state index < -0.39 is 11.7 Å². The van der Waals surface area contributed by atoms with Crippen molar-refractivity contribution in [2.24, 2.45) is 0 Å². The van der Waals surface area contributed by atoms with E-state index in [0.29, 0.717) is 11.5 Å². The van der Waals surface area contributed by atoms with E-state index in [0.717, 1.165) is 21.5 Å². The van der Waals surface area contributed by atoms with Gasteiger partial charge in [-0.25, -0.2) is 0 Å². The Kier molecular flexibility index (Phi) is 3.58. The van der Waals surface area contributed by atoms with Crippen molar-refractivity contribution in [3.63, 3.8) is 0 Å². The summed E-state index contributed by atoms with van der Waals surface area (Å²) in [5.41, 5.74) is -0.248. The number of alkyl halides is 3. The molecule has 21 heavy (non-hydrogen) atoms. The van der Waals surface area contributed by atoms with Gasteiger partial charge in [-0.05, 0) is 39.5 Å². The van der Waals surface area contributed by atoms with Crippen molar-refractivity contribution < 1.29 is 17.7 Å². The molecule has 3 rings (SSSR count). The molecule has 3 nitrogen and oxygen atoms in total. The van der Waals surface area contributed by atoms with E-state index >= 15 is 0 Å². The minimum Gasteiger partial charge on any atom is -0.333 e. The second-order valence-electron chi connectivity index (χ2n) is 4.10. The van der Waals surface area contributed by atoms with Crippen LogP contribution < -0.4 is 0 Å². The molecule has 108 valence electrons. The third-order valence-corrected chi connectivity index (χ3v) is 4.53. The van der Waals surface area contributed by atoms with Crippen LogP contribution in [-0.4, -0.2) is 10.1 Å². The highest BCUT2D eigenvalue weighted by Crippen LogP contribution is 2.34. The van der Waals surface area contributed by atoms with Crippen LogP contribution in [0.4, 0.5) is 13.2 Å². The third kappa shape index (κ3) is 2.86. The molecule has 0 saturated heterocycles. The summed E-state index contributed by atoms with van der Waals surface area (Å²) in [5, 5.41) is 5.66. The van der Waals surface area contributed by atoms with Crippen molar-refractivity contribution in [1.29, 1.82) is 0 Å². The minimum atomic E-state index is -4.36. The zero-order valence-electron chi connectivity index (χ0n) is 10.2. The van der Waals surface area contributed by atoms with Gasteiger partial charge < -0.3 is 4.52 Å². The van der Waals surface area contributed by atoms with Crippen LogP contribution in [-0.2, 0) is 6.18 Å². The lowest BCUT2D eigenvalue weighted by atomic mass is 10.1. The molecular weight excluding hydrogens is 369 g/mol. The lowest BCUT2D eigenvalue weighted by Crippen LogP contribution is -2.04. The van der Waals surface area contributed by atoms with E-state index in [1.807, 2.05) is 11.4 Å². The summed E-state index contributed by atoms with van der Waals surface area (Å²) in [6, 6.07) is 6.47. The van der Waals surface area contributed by atoms with E-state index in [-0.39, 0.29) is 5.82 Å². The van der Waals surface area contributed by atoms with Crippen LogP contribution in [0.1, 0.15) is 5.56 Å². The van der Waals surface area contributed by atoms with Gasteiger partial charge in [0.25, 0.3) is 5.89 Å². The summed E-state index contributed by atoms with van der Waals surface area (Å²) in [6.07, 6.45) is -4.36. The third-order valence-electron chi connectivity index (χ3n) is 2.71. The molecule has 0 N–H and O–H groups in total. The molecule has 0 aliphatic heterocycles. The van der Waals surface area contributed by atoms with Gasteiger partial charge in [0.15, 0.2) is 0 Å². The van der Waals surface area contributed by atoms with Gasteiger partial charge in [-0.15, -0.1) is 11.3 Å². The molecule has 1 aromatic carbocycles. The SMILES string of the molecule is FC(F)(F)c1ccc(-c2noc(-c3sccc3Br)n2)cc1. The van der Waals surface area contributed by atoms with Crippen molar-refractivity contribution in [2.45, 2.75) is 6.18 Å². The van der Waals surface area contributed by atoms with Crippen LogP contribution in [0.25, 0.3) is 22.2 Å². The normalized spacial score (nSPS) is 11.8. The lowest BCUT2D eigenvalue weighted by Gasteiger charge is -2.05. The van der Waals surface area contributed by atoms with E-state index in [1.165, 1.54) is 23.5 Å². The molecular formula is C13H6BrF3N2OS. The number of thiophene rings is 1. The predicted molar refractivity (Wildman–Crippen MR) is 75.7 cm³/mol. The molecule has 0 aliphatic carbocycles. The monoisotopic (exact) mass is 374 g/mol. The molecule has 0 bridgehead atoms. The summed E-state index contributed by atoms with van der Waals surface area (Å²) in [6.45, 7) is 0. The summed E-state index contributed by atoms with van der Waals surface area (Å²) >= 11 is 4.78. The van der Waals surface area contributed by atoms with Gasteiger partial charge in [-0.3, -0.25) is 0 Å². The first kappa shape index (κ1) is 14.3. The minimum absolute atomic E-state index is 0.249. The number of rotatable bonds is 2. The van der Waals surface area contributed by atoms with Gasteiger partial charge in [0, 0.05) is 10.0 Å². The molecule has 3 aromatic rings. The predicted octanol–water partition coefficient (Wildman–Crippen LogP) is 5.25. The highest BCUT2D eigenvalue weighted by Gasteiger charge is 2.30. The number of hydrogen-bond acceptors (Lipinski definition) is 4. The van der Waals surface area contributed by atoms with Crippen molar-refractivity contribution in [1.82, 2.24) is 10.1 Å². The standard InChI is InChI=1S/C13H6BrF3N2OS/c14-9-5-6-21-10(9)12-18-11(19-20-12)7-1-3-8(4-2-7)13(15,16)17/h1-6H. The highest BCUT2D eigenvalue weighted by atomic mass is 79.9. The number of aromatic nitrogens is 2. The molecule has 2 aromatic heterocycles. The van der Waals surface area contributed by atoms with Crippen LogP contribution >= 0.6 is 27.3 Å². The molecule has 0 amide bonds. The topological polar surface area (TPSA) is 38.9 Å². The average Bonchev–Trinajstić information content (AvgIpc) is 3.06. The molecule has 0 aliphatic rings. The van der Waals surface area contributed by atoms with Crippen LogP contribution in [0.15, 0.2) is 44.7 Å². The largest absolute Gasteiger partial charge is 0.416 e. The van der Waals surface area contributed by atoms with Crippen molar-refractivity contribution in [2.75, 3.05) is 0 Å². The quantitative estimate of drug-likeness (QED) is 0.615. The summed E-state index contributed by atoms with van der Waals surface area (Å²) < 4.78 is 43.5. The van der Waals surface area contributed by atoms with Gasteiger partial charge in [0.05, 0.1) is 5.56 Å². The second kappa shape index (κ2) is 5.27. The van der Waals surface area contributed by atoms with Gasteiger partial charge in [0.2, 0.25) is 5.82 Å². The zero-order chi connectivity index (χ0) is 15.0. The highest BCUT2D eigenvalue weighted by molar-refractivity contribution is 9.10. The summed E-state index contributed by atoms with van der Waals surface area (Å²) in [7, 11) is 0. The van der Waals surface area contributed by atoms with E-state index in [2.05, 4.69) is 26.1 Å². The van der Waals surface area contributed by atoms with Crippen LogP contribution in [0.5, 0.6) is 0 Å². The maximum Gasteiger partial charge on any atom is 0.416 e. The lowest BCUT2D eigenvalue weighted by molar-refractivity contribution is -0.137. The molecule has 0 radical (unpaired) electrons. The second-order valence-corrected chi connectivity index (χ2v) is 5.87. The number of halogens is 4. The van der Waals surface area contributed by atoms with Gasteiger partial charge in [-0.2, -0.15) is 18.2 Å². The maximum atomic E-state index is 12.5. The van der Waals surface area contributed by atoms with Crippen molar-refractivity contribution >= 4 is 27.3 Å². The van der Waals surface area contributed by atoms with Crippen LogP contribution in [0.3, 0.4) is 0 Å². The van der Waals surface area contributed by atoms with Gasteiger partial charge in [-0.1, -0.05) is 17.3 Å². The molecule has 8 heteroatoms. The Bertz CT molecular complexity index is 764. The number of benzene rings is 1. The van der Waals surface area contributed by atoms with Crippen molar-refractivity contribution in [3.05, 3.63) is 45.7 Å². The Hall–Kier alpha value is -1.67. The fourth-order valence-electron chi connectivity index (χ4n) is 1.69. The Morgan fingerprint density at radius 2 is 1.81 bits per heavy atom. The Labute approximate surface area is 129 Å². The molecule has 2 heterocycles. The Morgan fingerprint density at radius 1 is 1.10 bits per heavy atom. The maximum absolute atomic E-state index is 12.5. The first-order chi connectivity index (χ1) is 9.95. The summed E-state index contributed by atoms with van der Waals surface area (Å²) in [4.78, 5) is 4.98. The van der Waals surface area contributed by atoms with E-state index in [1.54, 1.807) is 0 Å². The zero-order valence-corrected chi connectivity index (χ0v) is 12.6. The average molecular weight is 375 g/mol. The first-order valence-electron chi connectivity index (χ1n) is 5.70. The van der Waals surface area contributed by atoms with Gasteiger partial charge >= 0.3 is 6.18 Å². The smallest absolute Gasteiger partial charge is 0.333 e. The fraction of sp³-hybridized carbons (Fsp3) is 0.0769. The van der Waals surface area contributed by atoms with Crippen LogP contribution in [0.2, 0.25) is 0 Å². The molecule has 0 saturated carbocycles. The van der Waals surface area contributed by atoms with E-state index in [4.69, 9.17) is 4.52 Å². The molecule has 0 spiro atoms. The van der Waals surface area contributed by atoms with Crippen LogP contribution in [0, 0.1) is 0 Å². The molecule has 0 atom stereocenters. The number of nitrogens with zero attached hydrogens (tertiary/aromatic N) is 2. The first-order valence-corrected chi connectivity index (χ1v) is 7.37. The summed E-state index contributed by atoms with van der Waals surface area (Å²) in [5.74, 6) is 0.575. The fourth-order valence-corrected chi connectivity index (χ4v) is 3.15. The van der Waals surface area contributed by atoms with Gasteiger partial charge in [0.1, 0.15) is 4.88 Å². The van der Waals surface area contributed by atoms with Crippen molar-refractivity contribution in [3.8, 4) is 22.2 Å². The van der Waals surface area contributed by atoms with E-state index in [9.17, 15) is 13.2 Å². The Balaban J connectivity index is 1.92.